The van der Waals surface area contributed by atoms with Crippen LogP contribution in [0.1, 0.15) is 393 Å². The van der Waals surface area contributed by atoms with Crippen molar-refractivity contribution in [2.24, 2.45) is 0 Å². The maximum absolute atomic E-state index is 13.0. The molecule has 0 aromatic rings. The summed E-state index contributed by atoms with van der Waals surface area (Å²) >= 11 is 0. The Morgan fingerprint density at radius 1 is 0.261 bits per heavy atom. The quantitative estimate of drug-likeness (QED) is 0.0146. The first-order chi connectivity index (χ1) is 54.2. The Balaban J connectivity index is 4.33. The van der Waals surface area contributed by atoms with E-state index in [0.717, 1.165) is 128 Å². The standard InChI is InChI=1S/C93H164O16P2/c1-4-7-10-13-16-19-22-24-26-28-30-32-34-36-38-40-42-43-45-47-48-50-52-54-56-58-60-62-65-67-70-73-76-79-91(96)103-82-88(94)83-105-110(99,100)106-84-89(95)85-107-111(101,102)108-87-90(109-93(98)81-78-75-72-69-64-21-18-15-12-9-6-3)86-104-92(97)80-77-74-71-68-66-63-61-59-57-55-53-51-49-46-44-41-39-37-35-33-31-29-27-25-23-20-17-14-11-8-5-2/h7-8,10-11,16-17,19-20,24-27,30-33,36-39,88-90,94-95H,4-6,9,12-15,18,21-23,28-29,34-35,40-87H2,1-3H3,(H,99,100)(H,101,102)/b10-7-,11-8-,19-16-,20-17-,26-24-,27-25-,32-30-,33-31-,38-36-,39-37-. The highest BCUT2D eigenvalue weighted by Crippen LogP contribution is 2.45. The number of rotatable bonds is 85. The molecule has 0 spiro atoms. The van der Waals surface area contributed by atoms with Crippen LogP contribution in [0.3, 0.4) is 0 Å². The van der Waals surface area contributed by atoms with Crippen molar-refractivity contribution in [3.05, 3.63) is 122 Å². The van der Waals surface area contributed by atoms with Crippen molar-refractivity contribution in [2.75, 3.05) is 39.6 Å². The summed E-state index contributed by atoms with van der Waals surface area (Å²) in [6.07, 6.45) is 104. The van der Waals surface area contributed by atoms with E-state index in [9.17, 15) is 43.5 Å². The summed E-state index contributed by atoms with van der Waals surface area (Å²) in [7, 11) is -9.78. The Labute approximate surface area is 678 Å². The molecule has 18 heteroatoms. The molecule has 0 aliphatic rings. The molecule has 0 saturated carbocycles. The molecular weight excluding hydrogens is 1430 g/mol. The maximum atomic E-state index is 13.0. The number of hydrogen-bond donors (Lipinski definition) is 4. The van der Waals surface area contributed by atoms with Gasteiger partial charge < -0.3 is 34.2 Å². The highest BCUT2D eigenvalue weighted by Gasteiger charge is 2.29. The van der Waals surface area contributed by atoms with Crippen LogP contribution < -0.4 is 0 Å². The maximum Gasteiger partial charge on any atom is 0.472 e. The fraction of sp³-hybridized carbons (Fsp3) is 0.753. The Hall–Kier alpha value is -4.05. The van der Waals surface area contributed by atoms with Gasteiger partial charge in [-0.3, -0.25) is 32.5 Å². The van der Waals surface area contributed by atoms with E-state index < -0.39 is 91.5 Å². The average molecular weight is 1600 g/mol. The topological polar surface area (TPSA) is 231 Å². The SMILES string of the molecule is CC/C=C\C/C=C\C/C=C\C/C=C\C/C=C\CCCCCCCCCCCCCCCCCCCC(=O)OCC(O)COP(=O)(O)OCC(O)COP(=O)(O)OCC(COC(=O)CCCCCCCCCCCCCCCCC/C=C\C/C=C\C/C=C\C/C=C\C/C=C\CC)OC(=O)CCCCCCCCCCCCC. The van der Waals surface area contributed by atoms with Gasteiger partial charge in [0, 0.05) is 19.3 Å². The van der Waals surface area contributed by atoms with Crippen molar-refractivity contribution in [1.29, 1.82) is 0 Å². The van der Waals surface area contributed by atoms with Crippen LogP contribution in [-0.2, 0) is 55.8 Å². The molecule has 0 radical (unpaired) electrons. The second-order valence-electron chi connectivity index (χ2n) is 30.0. The summed E-state index contributed by atoms with van der Waals surface area (Å²) < 4.78 is 61.3. The lowest BCUT2D eigenvalue weighted by atomic mass is 10.0. The number of carbonyl (C=O) groups excluding carboxylic acids is 3. The molecule has 0 amide bonds. The third-order valence-corrected chi connectivity index (χ3v) is 21.1. The van der Waals surface area contributed by atoms with Crippen LogP contribution in [-0.4, -0.2) is 95.9 Å². The number of phosphoric ester groups is 2. The van der Waals surface area contributed by atoms with E-state index in [1.54, 1.807) is 0 Å². The minimum atomic E-state index is -4.93. The molecule has 642 valence electrons. The zero-order chi connectivity index (χ0) is 80.8. The molecule has 111 heavy (non-hydrogen) atoms. The number of aliphatic hydroxyl groups excluding tert-OH is 2. The molecule has 16 nitrogen and oxygen atoms in total. The van der Waals surface area contributed by atoms with Gasteiger partial charge in [0.05, 0.1) is 26.4 Å². The zero-order valence-electron chi connectivity index (χ0n) is 70.6. The van der Waals surface area contributed by atoms with Crippen LogP contribution >= 0.6 is 15.6 Å². The molecule has 5 unspecified atom stereocenters. The van der Waals surface area contributed by atoms with Gasteiger partial charge in [0.1, 0.15) is 25.4 Å². The lowest BCUT2D eigenvalue weighted by Gasteiger charge is -2.21. The average Bonchev–Trinajstić information content (AvgIpc) is 0.898. The molecular formula is C93H164O16P2. The Kier molecular flexibility index (Phi) is 82.2. The van der Waals surface area contributed by atoms with Crippen molar-refractivity contribution in [3.63, 3.8) is 0 Å². The van der Waals surface area contributed by atoms with Gasteiger partial charge in [-0.1, -0.05) is 386 Å². The van der Waals surface area contributed by atoms with Crippen LogP contribution in [0.15, 0.2) is 122 Å². The summed E-state index contributed by atoms with van der Waals surface area (Å²) in [5.41, 5.74) is 0. The van der Waals surface area contributed by atoms with Crippen LogP contribution in [0.25, 0.3) is 0 Å². The fourth-order valence-electron chi connectivity index (χ4n) is 12.5. The van der Waals surface area contributed by atoms with E-state index in [1.165, 1.54) is 205 Å². The Morgan fingerprint density at radius 2 is 0.477 bits per heavy atom. The highest BCUT2D eigenvalue weighted by atomic mass is 31.2. The molecule has 4 N–H and O–H groups in total. The van der Waals surface area contributed by atoms with Crippen LogP contribution in [0.4, 0.5) is 0 Å². The summed E-state index contributed by atoms with van der Waals surface area (Å²) in [5, 5.41) is 20.7. The number of esters is 3. The van der Waals surface area contributed by atoms with E-state index in [4.69, 9.17) is 32.3 Å². The van der Waals surface area contributed by atoms with Crippen LogP contribution in [0.5, 0.6) is 0 Å². The fourth-order valence-corrected chi connectivity index (χ4v) is 14.0. The van der Waals surface area contributed by atoms with Gasteiger partial charge >= 0.3 is 33.6 Å². The normalized spacial score (nSPS) is 14.4. The van der Waals surface area contributed by atoms with Crippen LogP contribution in [0, 0.1) is 0 Å². The third kappa shape index (κ3) is 86.6. The predicted octanol–water partition coefficient (Wildman–Crippen LogP) is 27.2. The van der Waals surface area contributed by atoms with E-state index in [1.807, 2.05) is 0 Å². The first kappa shape index (κ1) is 107. The summed E-state index contributed by atoms with van der Waals surface area (Å²) in [5.74, 6) is -1.55. The van der Waals surface area contributed by atoms with Gasteiger partial charge in [0.15, 0.2) is 6.10 Å². The van der Waals surface area contributed by atoms with Gasteiger partial charge in [-0.15, -0.1) is 0 Å². The largest absolute Gasteiger partial charge is 0.472 e. The van der Waals surface area contributed by atoms with Crippen molar-refractivity contribution >= 4 is 33.6 Å². The Bertz CT molecular complexity index is 2500. The molecule has 0 aliphatic carbocycles. The van der Waals surface area contributed by atoms with Gasteiger partial charge in [0.25, 0.3) is 0 Å². The van der Waals surface area contributed by atoms with E-state index in [0.29, 0.717) is 19.3 Å². The molecule has 0 fully saturated rings. The van der Waals surface area contributed by atoms with E-state index in [-0.39, 0.29) is 19.3 Å². The number of hydrogen-bond acceptors (Lipinski definition) is 14. The van der Waals surface area contributed by atoms with E-state index in [2.05, 4.69) is 142 Å². The van der Waals surface area contributed by atoms with Crippen molar-refractivity contribution < 1.29 is 75.8 Å². The van der Waals surface area contributed by atoms with Crippen molar-refractivity contribution in [3.8, 4) is 0 Å². The monoisotopic (exact) mass is 1600 g/mol. The molecule has 0 aromatic heterocycles. The van der Waals surface area contributed by atoms with Gasteiger partial charge in [0.2, 0.25) is 0 Å². The van der Waals surface area contributed by atoms with Crippen molar-refractivity contribution in [1.82, 2.24) is 0 Å². The molecule has 0 saturated heterocycles. The lowest BCUT2D eigenvalue weighted by molar-refractivity contribution is -0.161. The van der Waals surface area contributed by atoms with E-state index >= 15 is 0 Å². The second-order valence-corrected chi connectivity index (χ2v) is 32.9. The number of phosphoric acid groups is 2. The molecule has 0 aromatic carbocycles. The molecule has 0 bridgehead atoms. The number of aliphatic hydroxyl groups is 2. The van der Waals surface area contributed by atoms with Crippen LogP contribution in [0.2, 0.25) is 0 Å². The summed E-state index contributed by atoms with van der Waals surface area (Å²) in [6, 6.07) is 0. The molecule has 0 rings (SSSR count). The zero-order valence-corrected chi connectivity index (χ0v) is 72.4. The van der Waals surface area contributed by atoms with Gasteiger partial charge in [-0.2, -0.15) is 0 Å². The predicted molar refractivity (Wildman–Crippen MR) is 463 cm³/mol. The highest BCUT2D eigenvalue weighted by molar-refractivity contribution is 7.47. The number of ether oxygens (including phenoxy) is 3. The summed E-state index contributed by atoms with van der Waals surface area (Å²) in [6.45, 7) is 2.51. The van der Waals surface area contributed by atoms with Gasteiger partial charge in [-0.25, -0.2) is 9.13 Å². The smallest absolute Gasteiger partial charge is 0.463 e. The summed E-state index contributed by atoms with van der Waals surface area (Å²) in [4.78, 5) is 58.7. The Morgan fingerprint density at radius 3 is 0.757 bits per heavy atom. The first-order valence-electron chi connectivity index (χ1n) is 44.8. The number of carbonyl (C=O) groups is 3. The number of unbranched alkanes of at least 4 members (excludes halogenated alkanes) is 42. The third-order valence-electron chi connectivity index (χ3n) is 19.2. The van der Waals surface area contributed by atoms with Crippen molar-refractivity contribution in [2.45, 2.75) is 411 Å². The number of allylic oxidation sites excluding steroid dienone is 20. The second kappa shape index (κ2) is 85.3. The minimum absolute atomic E-state index is 0.109. The lowest BCUT2D eigenvalue weighted by Crippen LogP contribution is -2.30. The first-order valence-corrected chi connectivity index (χ1v) is 47.8. The molecule has 0 aliphatic heterocycles. The molecule has 5 atom stereocenters. The molecule has 0 heterocycles. The van der Waals surface area contributed by atoms with Gasteiger partial charge in [-0.05, 0) is 109 Å². The minimum Gasteiger partial charge on any atom is -0.463 e.